The van der Waals surface area contributed by atoms with Crippen LogP contribution < -0.4 is 14.8 Å². The van der Waals surface area contributed by atoms with Crippen LogP contribution in [0.1, 0.15) is 17.3 Å². The van der Waals surface area contributed by atoms with Gasteiger partial charge in [0.15, 0.2) is 11.5 Å². The van der Waals surface area contributed by atoms with Gasteiger partial charge in [0.1, 0.15) is 0 Å². The van der Waals surface area contributed by atoms with E-state index in [1.165, 1.54) is 14.2 Å². The third-order valence-corrected chi connectivity index (χ3v) is 3.83. The number of hydrogen-bond donors (Lipinski definition) is 1. The number of hydrogen-bond acceptors (Lipinski definition) is 3. The monoisotopic (exact) mass is 305 g/mol. The third kappa shape index (κ3) is 3.67. The van der Waals surface area contributed by atoms with Gasteiger partial charge in [0.25, 0.3) is 5.91 Å². The molecule has 1 aromatic carbocycles. The van der Waals surface area contributed by atoms with Crippen LogP contribution in [0.2, 0.25) is 0 Å². The highest BCUT2D eigenvalue weighted by atomic mass is 35.5. The minimum atomic E-state index is -0.672. The minimum Gasteiger partial charge on any atom is -0.493 e. The predicted molar refractivity (Wildman–Crippen MR) is 76.9 cm³/mol. The van der Waals surface area contributed by atoms with E-state index in [1.54, 1.807) is 25.1 Å². The van der Waals surface area contributed by atoms with Crippen molar-refractivity contribution < 1.29 is 14.3 Å². The number of halogens is 2. The second kappa shape index (κ2) is 6.87. The van der Waals surface area contributed by atoms with Crippen molar-refractivity contribution in [3.05, 3.63) is 23.8 Å². The smallest absolute Gasteiger partial charge is 0.255 e. The Morgan fingerprint density at radius 2 is 1.89 bits per heavy atom. The summed E-state index contributed by atoms with van der Waals surface area (Å²) in [6, 6.07) is 5.09. The number of methoxy groups -OCH3 is 2. The van der Waals surface area contributed by atoms with Crippen LogP contribution in [0.4, 0.5) is 0 Å². The maximum absolute atomic E-state index is 12.3. The normalized spacial score (nSPS) is 11.0. The van der Waals surface area contributed by atoms with Crippen molar-refractivity contribution in [2.75, 3.05) is 26.0 Å². The molecule has 0 aliphatic rings. The average molecular weight is 306 g/mol. The number of nitrogens with one attached hydrogen (secondary N) is 1. The van der Waals surface area contributed by atoms with Crippen molar-refractivity contribution in [1.29, 1.82) is 0 Å². The zero-order chi connectivity index (χ0) is 14.5. The largest absolute Gasteiger partial charge is 0.493 e. The van der Waals surface area contributed by atoms with E-state index in [2.05, 4.69) is 5.32 Å². The zero-order valence-electron chi connectivity index (χ0n) is 11.1. The van der Waals surface area contributed by atoms with Crippen LogP contribution >= 0.6 is 23.2 Å². The van der Waals surface area contributed by atoms with Crippen LogP contribution in [0.3, 0.4) is 0 Å². The number of alkyl halides is 2. The molecule has 0 unspecified atom stereocenters. The highest BCUT2D eigenvalue weighted by Gasteiger charge is 2.27. The van der Waals surface area contributed by atoms with E-state index in [0.29, 0.717) is 17.1 Å². The first-order valence-electron chi connectivity index (χ1n) is 5.66. The first-order valence-corrected chi connectivity index (χ1v) is 6.73. The van der Waals surface area contributed by atoms with Crippen LogP contribution in [0.15, 0.2) is 18.2 Å². The molecule has 0 aromatic heterocycles. The molecule has 0 aliphatic heterocycles. The molecule has 0 spiro atoms. The first-order chi connectivity index (χ1) is 9.01. The van der Waals surface area contributed by atoms with E-state index < -0.39 is 5.54 Å². The lowest BCUT2D eigenvalue weighted by Gasteiger charge is -2.26. The molecule has 1 N–H and O–H groups in total. The van der Waals surface area contributed by atoms with E-state index in [9.17, 15) is 4.79 Å². The van der Waals surface area contributed by atoms with Crippen LogP contribution in [0, 0.1) is 0 Å². The standard InChI is InChI=1S/C13H17Cl2NO3/c1-13(7-14,8-15)16-12(17)9-5-4-6-10(18-2)11(9)19-3/h4-6H,7-8H2,1-3H3,(H,16,17). The fourth-order valence-corrected chi connectivity index (χ4v) is 1.93. The Morgan fingerprint density at radius 3 is 2.37 bits per heavy atom. The Hall–Kier alpha value is -1.13. The third-order valence-electron chi connectivity index (χ3n) is 2.65. The molecule has 0 heterocycles. The number of carbonyl (C=O) groups is 1. The summed E-state index contributed by atoms with van der Waals surface area (Å²) in [5.74, 6) is 1.01. The zero-order valence-corrected chi connectivity index (χ0v) is 12.6. The fourth-order valence-electron chi connectivity index (χ4n) is 1.51. The Labute approximate surface area is 123 Å². The van der Waals surface area contributed by atoms with E-state index in [1.807, 2.05) is 0 Å². The van der Waals surface area contributed by atoms with Gasteiger partial charge in [-0.3, -0.25) is 4.79 Å². The number of ether oxygens (including phenoxy) is 2. The van der Waals surface area contributed by atoms with Crippen molar-refractivity contribution in [2.45, 2.75) is 12.5 Å². The molecule has 0 radical (unpaired) electrons. The molecule has 0 bridgehead atoms. The molecule has 0 fully saturated rings. The van der Waals surface area contributed by atoms with E-state index in [4.69, 9.17) is 32.7 Å². The molecule has 0 saturated heterocycles. The fraction of sp³-hybridized carbons (Fsp3) is 0.462. The summed E-state index contributed by atoms with van der Waals surface area (Å²) >= 11 is 11.6. The number of carbonyl (C=O) groups excluding carboxylic acids is 1. The van der Waals surface area contributed by atoms with Crippen molar-refractivity contribution in [3.8, 4) is 11.5 Å². The predicted octanol–water partition coefficient (Wildman–Crippen LogP) is 2.67. The molecular weight excluding hydrogens is 289 g/mol. The first kappa shape index (κ1) is 15.9. The van der Waals surface area contributed by atoms with E-state index >= 15 is 0 Å². The summed E-state index contributed by atoms with van der Waals surface area (Å²) in [5, 5.41) is 2.80. The second-order valence-electron chi connectivity index (χ2n) is 4.32. The molecule has 4 nitrogen and oxygen atoms in total. The van der Waals surface area contributed by atoms with Gasteiger partial charge in [-0.1, -0.05) is 6.07 Å². The average Bonchev–Trinajstić information content (AvgIpc) is 2.45. The molecule has 6 heteroatoms. The van der Waals surface area contributed by atoms with Crippen molar-refractivity contribution in [3.63, 3.8) is 0 Å². The lowest BCUT2D eigenvalue weighted by Crippen LogP contribution is -2.49. The van der Waals surface area contributed by atoms with Gasteiger partial charge in [0, 0.05) is 11.8 Å². The molecule has 1 aromatic rings. The maximum Gasteiger partial charge on any atom is 0.255 e. The molecular formula is C13H17Cl2NO3. The summed E-state index contributed by atoms with van der Waals surface area (Å²) < 4.78 is 10.4. The summed E-state index contributed by atoms with van der Waals surface area (Å²) in [5.41, 5.74) is -0.294. The lowest BCUT2D eigenvalue weighted by molar-refractivity contribution is 0.0917. The molecule has 0 atom stereocenters. The lowest BCUT2D eigenvalue weighted by atomic mass is 10.1. The van der Waals surface area contributed by atoms with Gasteiger partial charge in [0.2, 0.25) is 0 Å². The molecule has 0 saturated carbocycles. The topological polar surface area (TPSA) is 47.6 Å². The summed E-state index contributed by atoms with van der Waals surface area (Å²) in [7, 11) is 3.00. The molecule has 1 amide bonds. The van der Waals surface area contributed by atoms with Gasteiger partial charge in [-0.2, -0.15) is 0 Å². The van der Waals surface area contributed by atoms with Crippen molar-refractivity contribution >= 4 is 29.1 Å². The van der Waals surface area contributed by atoms with Crippen molar-refractivity contribution in [1.82, 2.24) is 5.32 Å². The van der Waals surface area contributed by atoms with E-state index in [-0.39, 0.29) is 17.7 Å². The Morgan fingerprint density at radius 1 is 1.26 bits per heavy atom. The molecule has 0 aliphatic carbocycles. The van der Waals surface area contributed by atoms with Crippen LogP contribution in [0.5, 0.6) is 11.5 Å². The highest BCUT2D eigenvalue weighted by molar-refractivity contribution is 6.22. The van der Waals surface area contributed by atoms with Gasteiger partial charge in [-0.05, 0) is 19.1 Å². The Bertz CT molecular complexity index is 448. The van der Waals surface area contributed by atoms with Crippen LogP contribution in [-0.2, 0) is 0 Å². The Balaban J connectivity index is 3.06. The van der Waals surface area contributed by atoms with Gasteiger partial charge < -0.3 is 14.8 Å². The summed E-state index contributed by atoms with van der Waals surface area (Å²) in [6.07, 6.45) is 0. The number of amides is 1. The van der Waals surface area contributed by atoms with E-state index in [0.717, 1.165) is 0 Å². The van der Waals surface area contributed by atoms with Gasteiger partial charge in [-0.15, -0.1) is 23.2 Å². The highest BCUT2D eigenvalue weighted by Crippen LogP contribution is 2.30. The van der Waals surface area contributed by atoms with Crippen LogP contribution in [-0.4, -0.2) is 37.4 Å². The maximum atomic E-state index is 12.3. The molecule has 1 rings (SSSR count). The summed E-state index contributed by atoms with van der Waals surface area (Å²) in [6.45, 7) is 1.78. The minimum absolute atomic E-state index is 0.217. The van der Waals surface area contributed by atoms with Gasteiger partial charge in [-0.25, -0.2) is 0 Å². The van der Waals surface area contributed by atoms with Gasteiger partial charge in [0.05, 0.1) is 25.3 Å². The Kier molecular flexibility index (Phi) is 5.76. The SMILES string of the molecule is COc1cccc(C(=O)NC(C)(CCl)CCl)c1OC. The summed E-state index contributed by atoms with van der Waals surface area (Å²) in [4.78, 5) is 12.3. The van der Waals surface area contributed by atoms with Crippen molar-refractivity contribution in [2.24, 2.45) is 0 Å². The van der Waals surface area contributed by atoms with Gasteiger partial charge >= 0.3 is 0 Å². The number of rotatable bonds is 6. The number of para-hydroxylation sites is 1. The molecule has 19 heavy (non-hydrogen) atoms. The molecule has 106 valence electrons. The quantitative estimate of drug-likeness (QED) is 0.822. The second-order valence-corrected chi connectivity index (χ2v) is 4.86. The van der Waals surface area contributed by atoms with Crippen LogP contribution in [0.25, 0.3) is 0 Å². The number of benzene rings is 1.